The third-order valence-corrected chi connectivity index (χ3v) is 3.06. The van der Waals surface area contributed by atoms with E-state index in [1.165, 1.54) is 0 Å². The quantitative estimate of drug-likeness (QED) is 0.825. The van der Waals surface area contributed by atoms with E-state index < -0.39 is 5.97 Å². The number of carboxylic acid groups (broad SMARTS) is 1. The Morgan fingerprint density at radius 1 is 1.62 bits per heavy atom. The number of hydrogen-bond acceptors (Lipinski definition) is 3. The van der Waals surface area contributed by atoms with Gasteiger partial charge in [-0.3, -0.25) is 9.69 Å². The van der Waals surface area contributed by atoms with E-state index >= 15 is 0 Å². The monoisotopic (exact) mass is 223 g/mol. The second kappa shape index (κ2) is 4.65. The summed E-state index contributed by atoms with van der Waals surface area (Å²) in [5.74, 6) is 0.246. The van der Waals surface area contributed by atoms with Gasteiger partial charge in [0.25, 0.3) is 0 Å². The molecule has 1 aliphatic rings. The number of carbonyl (C=O) groups is 1. The lowest BCUT2D eigenvalue weighted by atomic mass is 10.1. The zero-order valence-electron chi connectivity index (χ0n) is 9.46. The summed E-state index contributed by atoms with van der Waals surface area (Å²) >= 11 is 0. The van der Waals surface area contributed by atoms with Gasteiger partial charge < -0.3 is 9.67 Å². The fourth-order valence-corrected chi connectivity index (χ4v) is 2.19. The van der Waals surface area contributed by atoms with E-state index in [0.29, 0.717) is 13.0 Å². The molecule has 0 fully saturated rings. The van der Waals surface area contributed by atoms with Crippen LogP contribution in [0.2, 0.25) is 0 Å². The average Bonchev–Trinajstić information content (AvgIpc) is 2.72. The van der Waals surface area contributed by atoms with Gasteiger partial charge in [-0.1, -0.05) is 13.3 Å². The van der Waals surface area contributed by atoms with E-state index in [-0.39, 0.29) is 6.04 Å². The Morgan fingerprint density at radius 3 is 3.12 bits per heavy atom. The molecule has 2 rings (SSSR count). The Hall–Kier alpha value is -1.36. The molecule has 1 unspecified atom stereocenters. The minimum Gasteiger partial charge on any atom is -0.480 e. The van der Waals surface area contributed by atoms with Gasteiger partial charge >= 0.3 is 5.97 Å². The highest BCUT2D eigenvalue weighted by molar-refractivity contribution is 5.73. The molecule has 0 saturated heterocycles. The summed E-state index contributed by atoms with van der Waals surface area (Å²) in [6.45, 7) is 4.29. The van der Waals surface area contributed by atoms with Gasteiger partial charge in [-0.25, -0.2) is 4.98 Å². The van der Waals surface area contributed by atoms with Crippen molar-refractivity contribution in [3.8, 4) is 0 Å². The van der Waals surface area contributed by atoms with E-state index in [2.05, 4.69) is 9.55 Å². The van der Waals surface area contributed by atoms with Crippen molar-refractivity contribution >= 4 is 5.97 Å². The molecule has 88 valence electrons. The SMILES string of the molecule is CCCC(C(=O)O)N1CCn2ccnc2C1. The molecule has 1 aromatic rings. The van der Waals surface area contributed by atoms with Crippen LogP contribution < -0.4 is 0 Å². The first-order chi connectivity index (χ1) is 7.72. The standard InChI is InChI=1S/C11H17N3O2/c1-2-3-9(11(15)16)14-7-6-13-5-4-12-10(13)8-14/h4-5,9H,2-3,6-8H2,1H3,(H,15,16). The second-order valence-electron chi connectivity index (χ2n) is 4.15. The topological polar surface area (TPSA) is 58.4 Å². The number of aromatic nitrogens is 2. The van der Waals surface area contributed by atoms with Crippen molar-refractivity contribution in [1.29, 1.82) is 0 Å². The van der Waals surface area contributed by atoms with Crippen LogP contribution in [-0.4, -0.2) is 38.1 Å². The van der Waals surface area contributed by atoms with Crippen molar-refractivity contribution in [3.05, 3.63) is 18.2 Å². The maximum Gasteiger partial charge on any atom is 0.320 e. The van der Waals surface area contributed by atoms with Crippen LogP contribution in [-0.2, 0) is 17.9 Å². The molecule has 0 radical (unpaired) electrons. The molecule has 1 N–H and O–H groups in total. The predicted octanol–water partition coefficient (Wildman–Crippen LogP) is 0.952. The van der Waals surface area contributed by atoms with Crippen LogP contribution in [0.1, 0.15) is 25.6 Å². The zero-order valence-corrected chi connectivity index (χ0v) is 9.46. The molecule has 0 aliphatic carbocycles. The Bertz CT molecular complexity index is 375. The molecular weight excluding hydrogens is 206 g/mol. The molecular formula is C11H17N3O2. The van der Waals surface area contributed by atoms with Gasteiger partial charge in [-0.15, -0.1) is 0 Å². The van der Waals surface area contributed by atoms with Gasteiger partial charge in [0.2, 0.25) is 0 Å². The minimum atomic E-state index is -0.721. The van der Waals surface area contributed by atoms with E-state index in [0.717, 1.165) is 25.3 Å². The van der Waals surface area contributed by atoms with Gasteiger partial charge in [0, 0.05) is 25.5 Å². The average molecular weight is 223 g/mol. The minimum absolute atomic E-state index is 0.365. The molecule has 16 heavy (non-hydrogen) atoms. The molecule has 0 spiro atoms. The molecule has 1 aromatic heterocycles. The van der Waals surface area contributed by atoms with Gasteiger partial charge in [-0.05, 0) is 6.42 Å². The number of aliphatic carboxylic acids is 1. The fraction of sp³-hybridized carbons (Fsp3) is 0.636. The zero-order chi connectivity index (χ0) is 11.5. The van der Waals surface area contributed by atoms with Crippen molar-refractivity contribution < 1.29 is 9.90 Å². The molecule has 0 bridgehead atoms. The number of nitrogens with zero attached hydrogens (tertiary/aromatic N) is 3. The van der Waals surface area contributed by atoms with Crippen LogP contribution in [0.3, 0.4) is 0 Å². The Morgan fingerprint density at radius 2 is 2.44 bits per heavy atom. The number of hydrogen-bond donors (Lipinski definition) is 1. The molecule has 1 atom stereocenters. The van der Waals surface area contributed by atoms with E-state index in [1.54, 1.807) is 6.20 Å². The molecule has 5 heteroatoms. The van der Waals surface area contributed by atoms with Crippen molar-refractivity contribution in [2.45, 2.75) is 38.9 Å². The van der Waals surface area contributed by atoms with Crippen LogP contribution in [0.4, 0.5) is 0 Å². The lowest BCUT2D eigenvalue weighted by Crippen LogP contribution is -2.45. The highest BCUT2D eigenvalue weighted by atomic mass is 16.4. The van der Waals surface area contributed by atoms with Gasteiger partial charge in [0.1, 0.15) is 11.9 Å². The summed E-state index contributed by atoms with van der Waals surface area (Å²) in [7, 11) is 0. The second-order valence-corrected chi connectivity index (χ2v) is 4.15. The number of fused-ring (bicyclic) bond motifs is 1. The molecule has 0 aromatic carbocycles. The van der Waals surface area contributed by atoms with Crippen molar-refractivity contribution in [2.75, 3.05) is 6.54 Å². The molecule has 0 amide bonds. The normalized spacial score (nSPS) is 18.1. The summed E-state index contributed by atoms with van der Waals surface area (Å²) in [4.78, 5) is 17.4. The van der Waals surface area contributed by atoms with Crippen LogP contribution in [0.5, 0.6) is 0 Å². The number of rotatable bonds is 4. The van der Waals surface area contributed by atoms with E-state index in [9.17, 15) is 9.90 Å². The lowest BCUT2D eigenvalue weighted by Gasteiger charge is -2.32. The van der Waals surface area contributed by atoms with Crippen molar-refractivity contribution in [2.24, 2.45) is 0 Å². The first-order valence-corrected chi connectivity index (χ1v) is 5.69. The largest absolute Gasteiger partial charge is 0.480 e. The summed E-state index contributed by atoms with van der Waals surface area (Å²) < 4.78 is 2.08. The van der Waals surface area contributed by atoms with Crippen molar-refractivity contribution in [1.82, 2.24) is 14.5 Å². The smallest absolute Gasteiger partial charge is 0.320 e. The van der Waals surface area contributed by atoms with Crippen LogP contribution in [0.15, 0.2) is 12.4 Å². The third-order valence-electron chi connectivity index (χ3n) is 3.06. The van der Waals surface area contributed by atoms with Gasteiger partial charge in [0.15, 0.2) is 0 Å². The van der Waals surface area contributed by atoms with E-state index in [4.69, 9.17) is 0 Å². The first-order valence-electron chi connectivity index (χ1n) is 5.69. The predicted molar refractivity (Wildman–Crippen MR) is 59.0 cm³/mol. The summed E-state index contributed by atoms with van der Waals surface area (Å²) in [6.07, 6.45) is 5.31. The number of carboxylic acids is 1. The highest BCUT2D eigenvalue weighted by Crippen LogP contribution is 2.16. The molecule has 5 nitrogen and oxygen atoms in total. The Kier molecular flexibility index (Phi) is 3.24. The molecule has 0 saturated carbocycles. The maximum absolute atomic E-state index is 11.2. The highest BCUT2D eigenvalue weighted by Gasteiger charge is 2.28. The van der Waals surface area contributed by atoms with Crippen LogP contribution in [0.25, 0.3) is 0 Å². The summed E-state index contributed by atoms with van der Waals surface area (Å²) in [5.41, 5.74) is 0. The molecule has 2 heterocycles. The Balaban J connectivity index is 2.09. The fourth-order valence-electron chi connectivity index (χ4n) is 2.19. The lowest BCUT2D eigenvalue weighted by molar-refractivity contribution is -0.144. The van der Waals surface area contributed by atoms with E-state index in [1.807, 2.05) is 18.0 Å². The Labute approximate surface area is 94.7 Å². The first kappa shape index (κ1) is 11.1. The third kappa shape index (κ3) is 2.09. The van der Waals surface area contributed by atoms with Gasteiger partial charge in [-0.2, -0.15) is 0 Å². The molecule has 1 aliphatic heterocycles. The summed E-state index contributed by atoms with van der Waals surface area (Å²) in [6, 6.07) is -0.365. The number of imidazole rings is 1. The van der Waals surface area contributed by atoms with Crippen LogP contribution in [0, 0.1) is 0 Å². The van der Waals surface area contributed by atoms with Crippen LogP contribution >= 0.6 is 0 Å². The van der Waals surface area contributed by atoms with Gasteiger partial charge in [0.05, 0.1) is 6.54 Å². The maximum atomic E-state index is 11.2. The van der Waals surface area contributed by atoms with Crippen molar-refractivity contribution in [3.63, 3.8) is 0 Å². The summed E-state index contributed by atoms with van der Waals surface area (Å²) in [5, 5.41) is 9.19.